The molecule has 0 aromatic carbocycles. The number of hydrogen-bond donors (Lipinski definition) is 6. The molecule has 0 aromatic rings. The Morgan fingerprint density at radius 1 is 0.909 bits per heavy atom. The van der Waals surface area contributed by atoms with E-state index in [0.717, 1.165) is 32.4 Å². The lowest BCUT2D eigenvalue weighted by molar-refractivity contribution is -0.193. The van der Waals surface area contributed by atoms with Crippen molar-refractivity contribution in [3.8, 4) is 0 Å². The van der Waals surface area contributed by atoms with Gasteiger partial charge >= 0.3 is 23.9 Å². The number of carbonyl (C=O) groups excluding carboxylic acids is 4. The second kappa shape index (κ2) is 9.51. The third-order valence-electron chi connectivity index (χ3n) is 5.33. The first-order valence-corrected chi connectivity index (χ1v) is 9.48. The molecule has 0 aliphatic heterocycles. The zero-order valence-corrected chi connectivity index (χ0v) is 17.6. The molecule has 2 aliphatic carbocycles. The van der Waals surface area contributed by atoms with Crippen molar-refractivity contribution in [2.75, 3.05) is 14.2 Å². The van der Waals surface area contributed by atoms with Crippen LogP contribution in [0.4, 0.5) is 0 Å². The lowest BCUT2D eigenvalue weighted by atomic mass is 9.77. The van der Waals surface area contributed by atoms with Crippen molar-refractivity contribution in [3.05, 3.63) is 36.0 Å². The second-order valence-electron chi connectivity index (χ2n) is 7.60. The molecule has 1 fully saturated rings. The number of aliphatic hydroxyl groups is 6. The number of esters is 4. The molecule has 1 saturated carbocycles. The van der Waals surface area contributed by atoms with Crippen molar-refractivity contribution in [2.45, 2.75) is 48.0 Å². The average Bonchev–Trinajstić information content (AvgIpc) is 2.76. The van der Waals surface area contributed by atoms with E-state index in [-0.39, 0.29) is 5.57 Å². The first-order chi connectivity index (χ1) is 15.2. The Kier molecular flexibility index (Phi) is 7.58. The van der Waals surface area contributed by atoms with E-state index in [0.29, 0.717) is 12.2 Å². The molecule has 33 heavy (non-hydrogen) atoms. The summed E-state index contributed by atoms with van der Waals surface area (Å²) < 4.78 is 13.3. The minimum atomic E-state index is -2.92. The summed E-state index contributed by atoms with van der Waals surface area (Å²) in [6.07, 6.45) is -2.11. The van der Waals surface area contributed by atoms with Crippen molar-refractivity contribution in [3.63, 3.8) is 0 Å². The summed E-state index contributed by atoms with van der Waals surface area (Å²) in [6.45, 7) is 0. The van der Waals surface area contributed by atoms with E-state index in [1.807, 2.05) is 0 Å². The summed E-state index contributed by atoms with van der Waals surface area (Å²) in [7, 11) is 1.81. The van der Waals surface area contributed by atoms with Crippen LogP contribution in [0.25, 0.3) is 0 Å². The Hall–Kier alpha value is -2.94. The zero-order chi connectivity index (χ0) is 25.2. The number of ether oxygens (including phenoxy) is 3. The van der Waals surface area contributed by atoms with Crippen LogP contribution >= 0.6 is 0 Å². The van der Waals surface area contributed by atoms with E-state index >= 15 is 0 Å². The molecule has 0 aromatic heterocycles. The highest BCUT2D eigenvalue weighted by atomic mass is 16.6. The number of allylic oxidation sites excluding steroid dienone is 3. The molecule has 2 aliphatic rings. The number of methoxy groups -OCH3 is 2. The maximum absolute atomic E-state index is 12.2. The summed E-state index contributed by atoms with van der Waals surface area (Å²) in [5.41, 5.74) is -8.29. The van der Waals surface area contributed by atoms with Crippen molar-refractivity contribution < 1.29 is 64.0 Å². The van der Waals surface area contributed by atoms with E-state index in [1.165, 1.54) is 0 Å². The number of rotatable bonds is 5. The van der Waals surface area contributed by atoms with E-state index in [4.69, 9.17) is 0 Å². The summed E-state index contributed by atoms with van der Waals surface area (Å²) in [5.74, 6) is -5.58. The quantitative estimate of drug-likeness (QED) is 0.0993. The van der Waals surface area contributed by atoms with Gasteiger partial charge in [-0.1, -0.05) is 6.08 Å². The maximum atomic E-state index is 12.2. The van der Waals surface area contributed by atoms with Gasteiger partial charge in [0.2, 0.25) is 11.2 Å². The smallest absolute Gasteiger partial charge is 0.346 e. The summed E-state index contributed by atoms with van der Waals surface area (Å²) in [4.78, 5) is 48.2. The highest BCUT2D eigenvalue weighted by Crippen LogP contribution is 2.34. The molecule has 2 rings (SSSR count). The minimum absolute atomic E-state index is 0.0915. The standard InChI is InChI=1S/C20H24O13/c1-31-16(26)19(29)6-5-10(7-20(19,30)17(27)32-2)3-4-13(23)33-15(25)18(28)8-11(21)14(24)12(22)9-18/h3-7,11-12,14,21-22,24,28-30H,8-9H2,1-2H3/b4-3+/t11-,12-,14?,18?,19?,20?/m1/s1. The van der Waals surface area contributed by atoms with Gasteiger partial charge < -0.3 is 44.8 Å². The van der Waals surface area contributed by atoms with Gasteiger partial charge in [-0.3, -0.25) is 0 Å². The van der Waals surface area contributed by atoms with E-state index < -0.39 is 71.8 Å². The van der Waals surface area contributed by atoms with Crippen LogP contribution in [-0.4, -0.2) is 104 Å². The predicted molar refractivity (Wildman–Crippen MR) is 104 cm³/mol. The molecule has 0 bridgehead atoms. The summed E-state index contributed by atoms with van der Waals surface area (Å²) in [6, 6.07) is 0. The fraction of sp³-hybridized carbons (Fsp3) is 0.500. The van der Waals surface area contributed by atoms with Gasteiger partial charge in [0.15, 0.2) is 5.60 Å². The fourth-order valence-corrected chi connectivity index (χ4v) is 3.42. The molecule has 2 unspecified atom stereocenters. The molecule has 6 N–H and O–H groups in total. The lowest BCUT2D eigenvalue weighted by Crippen LogP contribution is -2.63. The van der Waals surface area contributed by atoms with Crippen molar-refractivity contribution in [1.29, 1.82) is 0 Å². The molecule has 0 saturated heterocycles. The van der Waals surface area contributed by atoms with Gasteiger partial charge in [0.05, 0.1) is 26.4 Å². The van der Waals surface area contributed by atoms with Gasteiger partial charge in [-0.25, -0.2) is 19.2 Å². The van der Waals surface area contributed by atoms with E-state index in [2.05, 4.69) is 14.2 Å². The Labute approximate surface area is 186 Å². The van der Waals surface area contributed by atoms with Crippen LogP contribution in [0.15, 0.2) is 36.0 Å². The van der Waals surface area contributed by atoms with Crippen LogP contribution in [0.1, 0.15) is 12.8 Å². The minimum Gasteiger partial charge on any atom is -0.467 e. The van der Waals surface area contributed by atoms with Crippen LogP contribution in [0.3, 0.4) is 0 Å². The molecule has 0 amide bonds. The molecule has 4 atom stereocenters. The van der Waals surface area contributed by atoms with Crippen LogP contribution in [-0.2, 0) is 33.4 Å². The van der Waals surface area contributed by atoms with Gasteiger partial charge in [0.25, 0.3) is 0 Å². The third kappa shape index (κ3) is 4.88. The van der Waals surface area contributed by atoms with Crippen LogP contribution in [0, 0.1) is 0 Å². The second-order valence-corrected chi connectivity index (χ2v) is 7.60. The lowest BCUT2D eigenvalue weighted by Gasteiger charge is -2.38. The molecule has 0 spiro atoms. The molecule has 13 nitrogen and oxygen atoms in total. The van der Waals surface area contributed by atoms with Gasteiger partial charge in [-0.05, 0) is 23.8 Å². The molecule has 182 valence electrons. The third-order valence-corrected chi connectivity index (χ3v) is 5.33. The summed E-state index contributed by atoms with van der Waals surface area (Å²) in [5, 5.41) is 60.3. The Morgan fingerprint density at radius 2 is 1.42 bits per heavy atom. The highest BCUT2D eigenvalue weighted by molar-refractivity contribution is 5.98. The van der Waals surface area contributed by atoms with Gasteiger partial charge in [-0.2, -0.15) is 0 Å². The molecular formula is C20H24O13. The van der Waals surface area contributed by atoms with E-state index in [9.17, 15) is 49.8 Å². The van der Waals surface area contributed by atoms with Gasteiger partial charge in [-0.15, -0.1) is 0 Å². The molecule has 0 heterocycles. The molecule has 13 heteroatoms. The monoisotopic (exact) mass is 472 g/mol. The SMILES string of the molecule is COC(=O)C1(O)C=CC(/C=C/C(=O)OC(=O)C2(O)C[C@@H](O)C(O)[C@H](O)C2)=CC1(O)C(=O)OC. The Balaban J connectivity index is 2.18. The number of carbonyl (C=O) groups is 4. The molecule has 0 radical (unpaired) electrons. The maximum Gasteiger partial charge on any atom is 0.346 e. The van der Waals surface area contributed by atoms with Crippen molar-refractivity contribution in [1.82, 2.24) is 0 Å². The Bertz CT molecular complexity index is 907. The first kappa shape index (κ1) is 26.3. The Morgan fingerprint density at radius 3 is 1.94 bits per heavy atom. The topological polar surface area (TPSA) is 217 Å². The van der Waals surface area contributed by atoms with Gasteiger partial charge in [0.1, 0.15) is 6.10 Å². The van der Waals surface area contributed by atoms with E-state index in [1.54, 1.807) is 0 Å². The van der Waals surface area contributed by atoms with Gasteiger partial charge in [0, 0.05) is 18.9 Å². The average molecular weight is 472 g/mol. The largest absolute Gasteiger partial charge is 0.467 e. The van der Waals surface area contributed by atoms with Crippen molar-refractivity contribution in [2.24, 2.45) is 0 Å². The highest BCUT2D eigenvalue weighted by Gasteiger charge is 2.60. The van der Waals surface area contributed by atoms with Crippen LogP contribution in [0.5, 0.6) is 0 Å². The zero-order valence-electron chi connectivity index (χ0n) is 17.6. The number of hydrogen-bond acceptors (Lipinski definition) is 13. The van der Waals surface area contributed by atoms with Crippen LogP contribution in [0.2, 0.25) is 0 Å². The normalized spacial score (nSPS) is 36.1. The van der Waals surface area contributed by atoms with Crippen molar-refractivity contribution >= 4 is 23.9 Å². The summed E-state index contributed by atoms with van der Waals surface area (Å²) >= 11 is 0. The number of aliphatic hydroxyl groups excluding tert-OH is 3. The van der Waals surface area contributed by atoms with Crippen LogP contribution < -0.4 is 0 Å². The predicted octanol–water partition coefficient (Wildman–Crippen LogP) is -3.48. The first-order valence-electron chi connectivity index (χ1n) is 9.48. The fourth-order valence-electron chi connectivity index (χ4n) is 3.42. The molecular weight excluding hydrogens is 448 g/mol.